The Morgan fingerprint density at radius 1 is 0.950 bits per heavy atom. The van der Waals surface area contributed by atoms with Crippen LogP contribution in [-0.4, -0.2) is 53.7 Å². The summed E-state index contributed by atoms with van der Waals surface area (Å²) in [5.41, 5.74) is 2.60. The van der Waals surface area contributed by atoms with E-state index in [-0.39, 0.29) is 29.9 Å². The molecular formula is C28H28FN5O5S. The summed E-state index contributed by atoms with van der Waals surface area (Å²) in [6.07, 6.45) is 0. The fourth-order valence-corrected chi connectivity index (χ4v) is 4.64. The number of benzene rings is 3. The van der Waals surface area contributed by atoms with Gasteiger partial charge in [0.05, 0.1) is 33.6 Å². The number of nitrogens with one attached hydrogen (secondary N) is 2. The number of hydrogen-bond donors (Lipinski definition) is 2. The number of anilines is 1. The van der Waals surface area contributed by atoms with Gasteiger partial charge >= 0.3 is 0 Å². The van der Waals surface area contributed by atoms with Gasteiger partial charge in [0.25, 0.3) is 5.91 Å². The van der Waals surface area contributed by atoms with Crippen LogP contribution in [0.5, 0.6) is 17.2 Å². The van der Waals surface area contributed by atoms with E-state index in [1.807, 2.05) is 31.2 Å². The molecule has 12 heteroatoms. The minimum atomic E-state index is -0.386. The maximum atomic E-state index is 13.2. The third-order valence-corrected chi connectivity index (χ3v) is 6.68. The summed E-state index contributed by atoms with van der Waals surface area (Å²) in [5, 5.41) is 14.6. The normalized spacial score (nSPS) is 10.6. The molecule has 1 aromatic heterocycles. The number of ether oxygens (including phenoxy) is 3. The fourth-order valence-electron chi connectivity index (χ4n) is 3.87. The molecule has 0 saturated heterocycles. The Morgan fingerprint density at radius 2 is 1.65 bits per heavy atom. The van der Waals surface area contributed by atoms with Crippen molar-refractivity contribution >= 4 is 29.3 Å². The lowest BCUT2D eigenvalue weighted by Gasteiger charge is -2.14. The van der Waals surface area contributed by atoms with Crippen molar-refractivity contribution in [3.05, 3.63) is 83.4 Å². The maximum absolute atomic E-state index is 13.2. The third kappa shape index (κ3) is 6.70. The quantitative estimate of drug-likeness (QED) is 0.257. The molecule has 0 unspecified atom stereocenters. The van der Waals surface area contributed by atoms with E-state index in [0.717, 1.165) is 11.3 Å². The number of aryl methyl sites for hydroxylation is 1. The second-order valence-corrected chi connectivity index (χ2v) is 9.46. The summed E-state index contributed by atoms with van der Waals surface area (Å²) >= 11 is 1.19. The van der Waals surface area contributed by atoms with Crippen LogP contribution in [0.1, 0.15) is 21.7 Å². The van der Waals surface area contributed by atoms with E-state index < -0.39 is 0 Å². The van der Waals surface area contributed by atoms with Crippen LogP contribution in [0.4, 0.5) is 10.1 Å². The van der Waals surface area contributed by atoms with Crippen LogP contribution in [-0.2, 0) is 11.3 Å². The Kier molecular flexibility index (Phi) is 9.23. The number of carbonyl (C=O) groups excluding carboxylic acids is 2. The van der Waals surface area contributed by atoms with Gasteiger partial charge in [-0.2, -0.15) is 0 Å². The van der Waals surface area contributed by atoms with E-state index in [2.05, 4.69) is 20.8 Å². The molecule has 0 aliphatic carbocycles. The molecule has 2 amide bonds. The monoisotopic (exact) mass is 565 g/mol. The number of hydrogen-bond acceptors (Lipinski definition) is 8. The Labute approximate surface area is 234 Å². The number of aromatic nitrogens is 3. The molecule has 1 heterocycles. The van der Waals surface area contributed by atoms with Crippen LogP contribution >= 0.6 is 11.8 Å². The smallest absolute Gasteiger partial charge is 0.251 e. The summed E-state index contributed by atoms with van der Waals surface area (Å²) < 4.78 is 31.0. The van der Waals surface area contributed by atoms with Crippen molar-refractivity contribution in [2.75, 3.05) is 32.4 Å². The van der Waals surface area contributed by atoms with E-state index in [1.54, 1.807) is 16.7 Å². The standard InChI is InChI=1S/C28H28FN5O5S/c1-17-6-5-7-21(12-17)34-24(15-30-27(36)18-13-22(37-2)26(39-4)23(14-18)38-3)32-33-28(34)40-16-25(35)31-20-10-8-19(29)9-11-20/h5-14H,15-16H2,1-4H3,(H,30,36)(H,31,35). The molecule has 3 aromatic carbocycles. The molecule has 0 fully saturated rings. The number of rotatable bonds is 11. The second-order valence-electron chi connectivity index (χ2n) is 8.51. The van der Waals surface area contributed by atoms with Crippen molar-refractivity contribution in [2.45, 2.75) is 18.6 Å². The zero-order valence-electron chi connectivity index (χ0n) is 22.4. The highest BCUT2D eigenvalue weighted by molar-refractivity contribution is 7.99. The van der Waals surface area contributed by atoms with Crippen molar-refractivity contribution in [3.63, 3.8) is 0 Å². The maximum Gasteiger partial charge on any atom is 0.251 e. The molecule has 4 aromatic rings. The molecular weight excluding hydrogens is 537 g/mol. The summed E-state index contributed by atoms with van der Waals surface area (Å²) in [6.45, 7) is 2.02. The van der Waals surface area contributed by atoms with Gasteiger partial charge in [-0.1, -0.05) is 23.9 Å². The predicted molar refractivity (Wildman–Crippen MR) is 149 cm³/mol. The topological polar surface area (TPSA) is 117 Å². The van der Waals surface area contributed by atoms with Gasteiger partial charge in [0, 0.05) is 16.9 Å². The van der Waals surface area contributed by atoms with Crippen molar-refractivity contribution in [1.82, 2.24) is 20.1 Å². The first-order valence-corrected chi connectivity index (χ1v) is 13.1. The van der Waals surface area contributed by atoms with Gasteiger partial charge in [-0.05, 0) is 61.0 Å². The van der Waals surface area contributed by atoms with E-state index in [0.29, 0.717) is 39.5 Å². The molecule has 2 N–H and O–H groups in total. The summed E-state index contributed by atoms with van der Waals surface area (Å²) in [4.78, 5) is 25.6. The van der Waals surface area contributed by atoms with Crippen LogP contribution in [0.15, 0.2) is 65.8 Å². The third-order valence-electron chi connectivity index (χ3n) is 5.75. The summed E-state index contributed by atoms with van der Waals surface area (Å²) in [5.74, 6) is 0.542. The van der Waals surface area contributed by atoms with Crippen LogP contribution in [0, 0.1) is 12.7 Å². The molecule has 0 bridgehead atoms. The molecule has 0 atom stereocenters. The molecule has 4 rings (SSSR count). The van der Waals surface area contributed by atoms with Crippen molar-refractivity contribution < 1.29 is 28.2 Å². The minimum absolute atomic E-state index is 0.0408. The number of amides is 2. The number of halogens is 1. The van der Waals surface area contributed by atoms with Gasteiger partial charge in [0.2, 0.25) is 11.7 Å². The van der Waals surface area contributed by atoms with Crippen molar-refractivity contribution in [2.24, 2.45) is 0 Å². The predicted octanol–water partition coefficient (Wildman–Crippen LogP) is 4.40. The zero-order chi connectivity index (χ0) is 28.6. The molecule has 0 aliphatic heterocycles. The number of nitrogens with zero attached hydrogens (tertiary/aromatic N) is 3. The molecule has 0 aliphatic rings. The van der Waals surface area contributed by atoms with E-state index in [1.165, 1.54) is 57.4 Å². The van der Waals surface area contributed by atoms with Crippen molar-refractivity contribution in [3.8, 4) is 22.9 Å². The Hall–Kier alpha value is -4.58. The average Bonchev–Trinajstić information content (AvgIpc) is 3.37. The SMILES string of the molecule is COc1cc(C(=O)NCc2nnc(SCC(=O)Nc3ccc(F)cc3)n2-c2cccc(C)c2)cc(OC)c1OC. The molecule has 40 heavy (non-hydrogen) atoms. The van der Waals surface area contributed by atoms with Gasteiger partial charge in [-0.3, -0.25) is 14.2 Å². The number of carbonyl (C=O) groups is 2. The van der Waals surface area contributed by atoms with Crippen LogP contribution in [0.3, 0.4) is 0 Å². The van der Waals surface area contributed by atoms with Gasteiger partial charge in [-0.25, -0.2) is 4.39 Å². The Bertz CT molecular complexity index is 1480. The van der Waals surface area contributed by atoms with Crippen LogP contribution < -0.4 is 24.8 Å². The van der Waals surface area contributed by atoms with E-state index in [4.69, 9.17) is 14.2 Å². The lowest BCUT2D eigenvalue weighted by atomic mass is 10.1. The van der Waals surface area contributed by atoms with Gasteiger partial charge in [0.15, 0.2) is 22.5 Å². The summed E-state index contributed by atoms with van der Waals surface area (Å²) in [6, 6.07) is 16.3. The summed E-state index contributed by atoms with van der Waals surface area (Å²) in [7, 11) is 4.44. The Balaban J connectivity index is 1.53. The first-order chi connectivity index (χ1) is 19.3. The minimum Gasteiger partial charge on any atom is -0.493 e. The highest BCUT2D eigenvalue weighted by Crippen LogP contribution is 2.38. The molecule has 0 radical (unpaired) electrons. The van der Waals surface area contributed by atoms with Gasteiger partial charge in [0.1, 0.15) is 5.82 Å². The van der Waals surface area contributed by atoms with Gasteiger partial charge in [-0.15, -0.1) is 10.2 Å². The lowest BCUT2D eigenvalue weighted by Crippen LogP contribution is -2.25. The van der Waals surface area contributed by atoms with Crippen LogP contribution in [0.2, 0.25) is 0 Å². The highest BCUT2D eigenvalue weighted by Gasteiger charge is 2.20. The van der Waals surface area contributed by atoms with Crippen LogP contribution in [0.25, 0.3) is 5.69 Å². The molecule has 208 valence electrons. The van der Waals surface area contributed by atoms with Gasteiger partial charge < -0.3 is 24.8 Å². The Morgan fingerprint density at radius 3 is 2.27 bits per heavy atom. The second kappa shape index (κ2) is 13.0. The molecule has 0 spiro atoms. The molecule has 10 nitrogen and oxygen atoms in total. The highest BCUT2D eigenvalue weighted by atomic mass is 32.2. The lowest BCUT2D eigenvalue weighted by molar-refractivity contribution is -0.113. The number of methoxy groups -OCH3 is 3. The zero-order valence-corrected chi connectivity index (χ0v) is 23.2. The van der Waals surface area contributed by atoms with E-state index >= 15 is 0 Å². The number of thioether (sulfide) groups is 1. The van der Waals surface area contributed by atoms with Crippen molar-refractivity contribution in [1.29, 1.82) is 0 Å². The largest absolute Gasteiger partial charge is 0.493 e. The fraction of sp³-hybridized carbons (Fsp3) is 0.214. The average molecular weight is 566 g/mol. The van der Waals surface area contributed by atoms with E-state index in [9.17, 15) is 14.0 Å². The first kappa shape index (κ1) is 28.4. The first-order valence-electron chi connectivity index (χ1n) is 12.1. The molecule has 0 saturated carbocycles.